The highest BCUT2D eigenvalue weighted by Gasteiger charge is 2.41. The fourth-order valence-electron chi connectivity index (χ4n) is 3.08. The second-order valence-corrected chi connectivity index (χ2v) is 5.45. The lowest BCUT2D eigenvalue weighted by molar-refractivity contribution is -0.152. The van der Waals surface area contributed by atoms with Crippen LogP contribution in [-0.4, -0.2) is 11.1 Å². The molecule has 1 fully saturated rings. The standard InChI is InChI=1S/C15H20O2/c1-12-6-5-9-15(10-12,14(16)17)11-13-7-3-2-4-8-13/h2-4,7-8,12H,5-6,9-11H2,1H3,(H,16,17). The summed E-state index contributed by atoms with van der Waals surface area (Å²) < 4.78 is 0. The highest BCUT2D eigenvalue weighted by molar-refractivity contribution is 5.75. The van der Waals surface area contributed by atoms with E-state index >= 15 is 0 Å². The van der Waals surface area contributed by atoms with E-state index < -0.39 is 11.4 Å². The van der Waals surface area contributed by atoms with Crippen LogP contribution in [0.3, 0.4) is 0 Å². The van der Waals surface area contributed by atoms with Crippen molar-refractivity contribution >= 4 is 5.97 Å². The molecule has 0 radical (unpaired) electrons. The van der Waals surface area contributed by atoms with Crippen molar-refractivity contribution in [3.05, 3.63) is 35.9 Å². The van der Waals surface area contributed by atoms with Crippen molar-refractivity contribution in [3.63, 3.8) is 0 Å². The molecule has 2 atom stereocenters. The van der Waals surface area contributed by atoms with Gasteiger partial charge in [0.1, 0.15) is 0 Å². The number of hydrogen-bond donors (Lipinski definition) is 1. The van der Waals surface area contributed by atoms with Gasteiger partial charge in [0.2, 0.25) is 0 Å². The molecule has 2 nitrogen and oxygen atoms in total. The van der Waals surface area contributed by atoms with Gasteiger partial charge in [0.05, 0.1) is 5.41 Å². The van der Waals surface area contributed by atoms with Gasteiger partial charge in [-0.2, -0.15) is 0 Å². The van der Waals surface area contributed by atoms with Crippen LogP contribution in [0.25, 0.3) is 0 Å². The largest absolute Gasteiger partial charge is 0.481 e. The van der Waals surface area contributed by atoms with E-state index in [0.29, 0.717) is 12.3 Å². The normalized spacial score (nSPS) is 28.9. The third-order valence-corrected chi connectivity index (χ3v) is 3.93. The summed E-state index contributed by atoms with van der Waals surface area (Å²) in [6, 6.07) is 10.0. The summed E-state index contributed by atoms with van der Waals surface area (Å²) in [4.78, 5) is 11.6. The Morgan fingerprint density at radius 3 is 2.71 bits per heavy atom. The van der Waals surface area contributed by atoms with Gasteiger partial charge < -0.3 is 5.11 Å². The van der Waals surface area contributed by atoms with Crippen molar-refractivity contribution in [3.8, 4) is 0 Å². The maximum Gasteiger partial charge on any atom is 0.309 e. The zero-order chi connectivity index (χ0) is 12.3. The number of carbonyl (C=O) groups is 1. The first-order valence-electron chi connectivity index (χ1n) is 6.40. The SMILES string of the molecule is CC1CCCC(Cc2ccccc2)(C(=O)O)C1. The Bertz CT molecular complexity index is 385. The third kappa shape index (κ3) is 2.68. The predicted molar refractivity (Wildman–Crippen MR) is 67.8 cm³/mol. The molecule has 0 aromatic heterocycles. The fourth-order valence-corrected chi connectivity index (χ4v) is 3.08. The lowest BCUT2D eigenvalue weighted by atomic mass is 9.67. The van der Waals surface area contributed by atoms with E-state index in [-0.39, 0.29) is 0 Å². The van der Waals surface area contributed by atoms with Gasteiger partial charge in [0.15, 0.2) is 0 Å². The first-order chi connectivity index (χ1) is 8.12. The first-order valence-corrected chi connectivity index (χ1v) is 6.40. The summed E-state index contributed by atoms with van der Waals surface area (Å²) in [5.74, 6) is -0.0866. The molecular formula is C15H20O2. The van der Waals surface area contributed by atoms with Gasteiger partial charge >= 0.3 is 5.97 Å². The second-order valence-electron chi connectivity index (χ2n) is 5.45. The lowest BCUT2D eigenvalue weighted by Crippen LogP contribution is -2.37. The lowest BCUT2D eigenvalue weighted by Gasteiger charge is -2.36. The Morgan fingerprint density at radius 2 is 2.12 bits per heavy atom. The van der Waals surface area contributed by atoms with E-state index in [2.05, 4.69) is 6.92 Å². The van der Waals surface area contributed by atoms with Crippen molar-refractivity contribution in [1.29, 1.82) is 0 Å². The Kier molecular flexibility index (Phi) is 3.51. The van der Waals surface area contributed by atoms with Gasteiger partial charge in [-0.25, -0.2) is 0 Å². The summed E-state index contributed by atoms with van der Waals surface area (Å²) in [6.45, 7) is 2.17. The average molecular weight is 232 g/mol. The Balaban J connectivity index is 2.20. The number of hydrogen-bond acceptors (Lipinski definition) is 1. The molecule has 0 bridgehead atoms. The molecule has 0 aliphatic heterocycles. The van der Waals surface area contributed by atoms with Crippen molar-refractivity contribution in [2.75, 3.05) is 0 Å². The Labute approximate surface area is 103 Å². The first kappa shape index (κ1) is 12.2. The molecule has 1 saturated carbocycles. The van der Waals surface area contributed by atoms with Crippen LogP contribution in [0.15, 0.2) is 30.3 Å². The van der Waals surface area contributed by atoms with E-state index in [1.807, 2.05) is 30.3 Å². The number of carboxylic acids is 1. The summed E-state index contributed by atoms with van der Waals surface area (Å²) in [7, 11) is 0. The quantitative estimate of drug-likeness (QED) is 0.865. The maximum atomic E-state index is 11.6. The summed E-state index contributed by atoms with van der Waals surface area (Å²) in [5.41, 5.74) is 0.614. The molecule has 1 N–H and O–H groups in total. The van der Waals surface area contributed by atoms with E-state index in [0.717, 1.165) is 24.8 Å². The molecule has 1 aromatic carbocycles. The van der Waals surface area contributed by atoms with Crippen molar-refractivity contribution in [2.45, 2.75) is 39.0 Å². The fraction of sp³-hybridized carbons (Fsp3) is 0.533. The number of aliphatic carboxylic acids is 1. The zero-order valence-corrected chi connectivity index (χ0v) is 10.4. The molecule has 0 heterocycles. The molecule has 92 valence electrons. The van der Waals surface area contributed by atoms with Crippen molar-refractivity contribution < 1.29 is 9.90 Å². The van der Waals surface area contributed by atoms with E-state index in [9.17, 15) is 9.90 Å². The van der Waals surface area contributed by atoms with E-state index in [4.69, 9.17) is 0 Å². The average Bonchev–Trinajstić information content (AvgIpc) is 2.30. The topological polar surface area (TPSA) is 37.3 Å². The number of carboxylic acid groups (broad SMARTS) is 1. The molecule has 0 amide bonds. The summed E-state index contributed by atoms with van der Waals surface area (Å²) in [6.07, 6.45) is 4.52. The Morgan fingerprint density at radius 1 is 1.41 bits per heavy atom. The van der Waals surface area contributed by atoms with Crippen LogP contribution < -0.4 is 0 Å². The maximum absolute atomic E-state index is 11.6. The molecular weight excluding hydrogens is 212 g/mol. The number of benzene rings is 1. The van der Waals surface area contributed by atoms with Crippen LogP contribution in [0.5, 0.6) is 0 Å². The highest BCUT2D eigenvalue weighted by atomic mass is 16.4. The second kappa shape index (κ2) is 4.91. The van der Waals surface area contributed by atoms with Crippen LogP contribution in [0, 0.1) is 11.3 Å². The third-order valence-electron chi connectivity index (χ3n) is 3.93. The summed E-state index contributed by atoms with van der Waals surface area (Å²) in [5, 5.41) is 9.57. The number of rotatable bonds is 3. The minimum Gasteiger partial charge on any atom is -0.481 e. The molecule has 0 saturated heterocycles. The highest BCUT2D eigenvalue weighted by Crippen LogP contribution is 2.42. The van der Waals surface area contributed by atoms with Gasteiger partial charge in [-0.3, -0.25) is 4.79 Å². The van der Waals surface area contributed by atoms with Crippen LogP contribution in [0.4, 0.5) is 0 Å². The minimum absolute atomic E-state index is 0.529. The van der Waals surface area contributed by atoms with E-state index in [1.165, 1.54) is 6.42 Å². The Hall–Kier alpha value is -1.31. The molecule has 1 aliphatic rings. The van der Waals surface area contributed by atoms with Crippen molar-refractivity contribution in [2.24, 2.45) is 11.3 Å². The molecule has 17 heavy (non-hydrogen) atoms. The van der Waals surface area contributed by atoms with Gasteiger partial charge in [-0.05, 0) is 30.7 Å². The molecule has 1 aromatic rings. The predicted octanol–water partition coefficient (Wildman–Crippen LogP) is 3.51. The molecule has 2 heteroatoms. The molecule has 0 spiro atoms. The minimum atomic E-state index is -0.618. The molecule has 2 rings (SSSR count). The van der Waals surface area contributed by atoms with Crippen LogP contribution >= 0.6 is 0 Å². The zero-order valence-electron chi connectivity index (χ0n) is 10.4. The van der Waals surface area contributed by atoms with E-state index in [1.54, 1.807) is 0 Å². The van der Waals surface area contributed by atoms with Gasteiger partial charge in [-0.1, -0.05) is 50.1 Å². The van der Waals surface area contributed by atoms with Crippen LogP contribution in [-0.2, 0) is 11.2 Å². The van der Waals surface area contributed by atoms with Gasteiger partial charge in [-0.15, -0.1) is 0 Å². The van der Waals surface area contributed by atoms with Crippen LogP contribution in [0.2, 0.25) is 0 Å². The van der Waals surface area contributed by atoms with Crippen LogP contribution in [0.1, 0.15) is 38.2 Å². The van der Waals surface area contributed by atoms with Gasteiger partial charge in [0.25, 0.3) is 0 Å². The van der Waals surface area contributed by atoms with Gasteiger partial charge in [0, 0.05) is 0 Å². The smallest absolute Gasteiger partial charge is 0.309 e. The molecule has 1 aliphatic carbocycles. The van der Waals surface area contributed by atoms with Crippen molar-refractivity contribution in [1.82, 2.24) is 0 Å². The molecule has 2 unspecified atom stereocenters. The summed E-state index contributed by atoms with van der Waals surface area (Å²) >= 11 is 0. The monoisotopic (exact) mass is 232 g/mol.